The van der Waals surface area contributed by atoms with E-state index in [1.165, 1.54) is 0 Å². The maximum Gasteiger partial charge on any atom is 0.115 e. The van der Waals surface area contributed by atoms with Crippen molar-refractivity contribution in [1.29, 1.82) is 0 Å². The zero-order valence-corrected chi connectivity index (χ0v) is 7.42. The van der Waals surface area contributed by atoms with Crippen molar-refractivity contribution < 1.29 is 5.11 Å². The molecule has 1 rings (SSSR count). The maximum absolute atomic E-state index is 8.93. The summed E-state index contributed by atoms with van der Waals surface area (Å²) in [5.41, 5.74) is 6.32. The second-order valence-corrected chi connectivity index (χ2v) is 2.23. The molecule has 0 aliphatic heterocycles. The van der Waals surface area contributed by atoms with Crippen LogP contribution in [0.5, 0.6) is 5.75 Å². The summed E-state index contributed by atoms with van der Waals surface area (Å²) in [5.74, 6) is 0.287. The second-order valence-electron chi connectivity index (χ2n) is 2.23. The lowest BCUT2D eigenvalue weighted by Crippen LogP contribution is -1.91. The molecule has 12 heavy (non-hydrogen) atoms. The highest BCUT2D eigenvalue weighted by Gasteiger charge is 1.85. The van der Waals surface area contributed by atoms with Crippen LogP contribution in [0.1, 0.15) is 5.56 Å². The largest absolute Gasteiger partial charge is 0.508 e. The van der Waals surface area contributed by atoms with E-state index in [0.717, 1.165) is 5.56 Å². The number of halogens is 1. The monoisotopic (exact) mass is 185 g/mol. The molecule has 0 fully saturated rings. The zero-order valence-electron chi connectivity index (χ0n) is 6.60. The van der Waals surface area contributed by atoms with Gasteiger partial charge in [-0.1, -0.05) is 24.3 Å². The summed E-state index contributed by atoms with van der Waals surface area (Å²) in [5, 5.41) is 8.93. The van der Waals surface area contributed by atoms with Crippen molar-refractivity contribution in [3.8, 4) is 5.75 Å². The van der Waals surface area contributed by atoms with Crippen LogP contribution >= 0.6 is 12.4 Å². The van der Waals surface area contributed by atoms with E-state index in [2.05, 4.69) is 0 Å². The lowest BCUT2D eigenvalue weighted by atomic mass is 10.2. The molecule has 3 N–H and O–H groups in total. The number of phenolic OH excluding ortho intramolecular Hbond substituents is 1. The van der Waals surface area contributed by atoms with Crippen LogP contribution in [-0.2, 0) is 0 Å². The van der Waals surface area contributed by atoms with Crippen LogP contribution in [-0.4, -0.2) is 11.7 Å². The SMILES string of the molecule is Cl.NCC=Cc1ccc(O)cc1. The van der Waals surface area contributed by atoms with E-state index in [-0.39, 0.29) is 18.2 Å². The van der Waals surface area contributed by atoms with Crippen LogP contribution in [0.4, 0.5) is 0 Å². The number of phenols is 1. The van der Waals surface area contributed by atoms with Crippen molar-refractivity contribution >= 4 is 18.5 Å². The molecular weight excluding hydrogens is 174 g/mol. The fraction of sp³-hybridized carbons (Fsp3) is 0.111. The minimum atomic E-state index is 0. The number of benzene rings is 1. The Bertz CT molecular complexity index is 243. The molecule has 1 aromatic rings. The van der Waals surface area contributed by atoms with Gasteiger partial charge in [-0.2, -0.15) is 0 Å². The van der Waals surface area contributed by atoms with Crippen LogP contribution < -0.4 is 5.73 Å². The van der Waals surface area contributed by atoms with Gasteiger partial charge in [-0.05, 0) is 17.7 Å². The Morgan fingerprint density at radius 2 is 1.83 bits per heavy atom. The van der Waals surface area contributed by atoms with Crippen molar-refractivity contribution in [3.05, 3.63) is 35.9 Å². The lowest BCUT2D eigenvalue weighted by Gasteiger charge is -1.92. The molecule has 0 amide bonds. The van der Waals surface area contributed by atoms with E-state index in [9.17, 15) is 0 Å². The normalized spacial score (nSPS) is 9.75. The first-order valence-corrected chi connectivity index (χ1v) is 3.48. The molecule has 0 aliphatic carbocycles. The quantitative estimate of drug-likeness (QED) is 0.738. The molecule has 0 saturated carbocycles. The summed E-state index contributed by atoms with van der Waals surface area (Å²) in [6.45, 7) is 0.543. The lowest BCUT2D eigenvalue weighted by molar-refractivity contribution is 0.475. The highest BCUT2D eigenvalue weighted by Crippen LogP contribution is 2.10. The average molecular weight is 186 g/mol. The molecular formula is C9H12ClNO. The van der Waals surface area contributed by atoms with Gasteiger partial charge in [0.25, 0.3) is 0 Å². The fourth-order valence-corrected chi connectivity index (χ4v) is 0.790. The molecule has 0 saturated heterocycles. The number of hydrogen-bond donors (Lipinski definition) is 2. The summed E-state index contributed by atoms with van der Waals surface area (Å²) in [6, 6.07) is 6.97. The van der Waals surface area contributed by atoms with Gasteiger partial charge in [-0.25, -0.2) is 0 Å². The predicted molar refractivity (Wildman–Crippen MR) is 53.4 cm³/mol. The molecule has 0 aliphatic rings. The fourth-order valence-electron chi connectivity index (χ4n) is 0.790. The van der Waals surface area contributed by atoms with Crippen molar-refractivity contribution in [2.75, 3.05) is 6.54 Å². The number of hydrogen-bond acceptors (Lipinski definition) is 2. The zero-order chi connectivity index (χ0) is 8.10. The third-order valence-corrected chi connectivity index (χ3v) is 1.34. The molecule has 3 heteroatoms. The minimum Gasteiger partial charge on any atom is -0.508 e. The van der Waals surface area contributed by atoms with E-state index in [4.69, 9.17) is 10.8 Å². The summed E-state index contributed by atoms with van der Waals surface area (Å²) in [7, 11) is 0. The van der Waals surface area contributed by atoms with Gasteiger partial charge in [0.15, 0.2) is 0 Å². The molecule has 66 valence electrons. The van der Waals surface area contributed by atoms with Crippen LogP contribution in [0, 0.1) is 0 Å². The Balaban J connectivity index is 0.00000121. The Morgan fingerprint density at radius 3 is 2.33 bits per heavy atom. The van der Waals surface area contributed by atoms with Crippen LogP contribution in [0.25, 0.3) is 6.08 Å². The van der Waals surface area contributed by atoms with E-state index in [1.807, 2.05) is 24.3 Å². The standard InChI is InChI=1S/C9H11NO.ClH/c10-7-1-2-8-3-5-9(11)6-4-8;/h1-6,11H,7,10H2;1H. The van der Waals surface area contributed by atoms with E-state index < -0.39 is 0 Å². The number of rotatable bonds is 2. The van der Waals surface area contributed by atoms with Gasteiger partial charge in [0, 0.05) is 6.54 Å². The van der Waals surface area contributed by atoms with Gasteiger partial charge >= 0.3 is 0 Å². The minimum absolute atomic E-state index is 0. The van der Waals surface area contributed by atoms with E-state index in [1.54, 1.807) is 12.1 Å². The topological polar surface area (TPSA) is 46.2 Å². The first kappa shape index (κ1) is 11.0. The van der Waals surface area contributed by atoms with Crippen molar-refractivity contribution in [3.63, 3.8) is 0 Å². The maximum atomic E-state index is 8.93. The highest BCUT2D eigenvalue weighted by molar-refractivity contribution is 5.85. The first-order valence-electron chi connectivity index (χ1n) is 3.48. The smallest absolute Gasteiger partial charge is 0.115 e. The van der Waals surface area contributed by atoms with Crippen molar-refractivity contribution in [2.45, 2.75) is 0 Å². The van der Waals surface area contributed by atoms with Gasteiger partial charge in [-0.3, -0.25) is 0 Å². The Hall–Kier alpha value is -0.990. The van der Waals surface area contributed by atoms with Crippen LogP contribution in [0.3, 0.4) is 0 Å². The Kier molecular flexibility index (Phi) is 5.17. The average Bonchev–Trinajstić information content (AvgIpc) is 2.04. The van der Waals surface area contributed by atoms with Gasteiger partial charge in [-0.15, -0.1) is 12.4 Å². The summed E-state index contributed by atoms with van der Waals surface area (Å²) < 4.78 is 0. The summed E-state index contributed by atoms with van der Waals surface area (Å²) in [6.07, 6.45) is 3.78. The van der Waals surface area contributed by atoms with Gasteiger partial charge in [0.05, 0.1) is 0 Å². The van der Waals surface area contributed by atoms with Crippen LogP contribution in [0.15, 0.2) is 30.3 Å². The predicted octanol–water partition coefficient (Wildman–Crippen LogP) is 1.79. The Morgan fingerprint density at radius 1 is 1.25 bits per heavy atom. The summed E-state index contributed by atoms with van der Waals surface area (Å²) >= 11 is 0. The molecule has 1 aromatic carbocycles. The van der Waals surface area contributed by atoms with Gasteiger partial charge in [0.1, 0.15) is 5.75 Å². The third-order valence-electron chi connectivity index (χ3n) is 1.34. The molecule has 0 spiro atoms. The first-order chi connectivity index (χ1) is 5.33. The molecule has 0 atom stereocenters. The van der Waals surface area contributed by atoms with E-state index >= 15 is 0 Å². The molecule has 0 radical (unpaired) electrons. The van der Waals surface area contributed by atoms with Gasteiger partial charge in [0.2, 0.25) is 0 Å². The molecule has 0 aromatic heterocycles. The van der Waals surface area contributed by atoms with Crippen molar-refractivity contribution in [2.24, 2.45) is 5.73 Å². The number of aromatic hydroxyl groups is 1. The molecule has 2 nitrogen and oxygen atoms in total. The molecule has 0 bridgehead atoms. The second kappa shape index (κ2) is 5.63. The summed E-state index contributed by atoms with van der Waals surface area (Å²) in [4.78, 5) is 0. The van der Waals surface area contributed by atoms with Crippen molar-refractivity contribution in [1.82, 2.24) is 0 Å². The molecule has 0 unspecified atom stereocenters. The Labute approximate surface area is 78.1 Å². The van der Waals surface area contributed by atoms with Crippen LogP contribution in [0.2, 0.25) is 0 Å². The van der Waals surface area contributed by atoms with E-state index in [0.29, 0.717) is 6.54 Å². The third kappa shape index (κ3) is 3.42. The van der Waals surface area contributed by atoms with Gasteiger partial charge < -0.3 is 10.8 Å². The number of nitrogens with two attached hydrogens (primary N) is 1. The molecule has 0 heterocycles. The highest BCUT2D eigenvalue weighted by atomic mass is 35.5.